The predicted molar refractivity (Wildman–Crippen MR) is 64.7 cm³/mol. The van der Waals surface area contributed by atoms with Gasteiger partial charge in [0.2, 0.25) is 5.91 Å². The number of piperidine rings is 1. The van der Waals surface area contributed by atoms with E-state index in [-0.39, 0.29) is 18.0 Å². The van der Waals surface area contributed by atoms with Crippen LogP contribution in [0.15, 0.2) is 0 Å². The number of rotatable bonds is 3. The van der Waals surface area contributed by atoms with Crippen LogP contribution in [0.3, 0.4) is 0 Å². The van der Waals surface area contributed by atoms with Gasteiger partial charge in [-0.2, -0.15) is 0 Å². The molecule has 15 heavy (non-hydrogen) atoms. The van der Waals surface area contributed by atoms with Gasteiger partial charge in [0, 0.05) is 7.05 Å². The highest BCUT2D eigenvalue weighted by atomic mass is 32.1. The van der Waals surface area contributed by atoms with Crippen LogP contribution < -0.4 is 11.1 Å². The number of hydrogen-bond acceptors (Lipinski definition) is 3. The zero-order valence-electron chi connectivity index (χ0n) is 9.32. The van der Waals surface area contributed by atoms with Crippen LogP contribution >= 0.6 is 12.2 Å². The number of nitrogens with two attached hydrogens (primary N) is 1. The van der Waals surface area contributed by atoms with Gasteiger partial charge in [-0.3, -0.25) is 9.69 Å². The Balaban J connectivity index is 2.71. The van der Waals surface area contributed by atoms with E-state index in [1.807, 2.05) is 6.92 Å². The van der Waals surface area contributed by atoms with Crippen molar-refractivity contribution in [3.8, 4) is 0 Å². The van der Waals surface area contributed by atoms with Gasteiger partial charge in [-0.25, -0.2) is 0 Å². The number of carbonyl (C=O) groups excluding carboxylic acids is 1. The summed E-state index contributed by atoms with van der Waals surface area (Å²) in [5, 5.41) is 2.66. The van der Waals surface area contributed by atoms with Gasteiger partial charge in [0.1, 0.15) is 0 Å². The Bertz CT molecular complexity index is 257. The lowest BCUT2D eigenvalue weighted by Crippen LogP contribution is -2.55. The minimum Gasteiger partial charge on any atom is -0.392 e. The van der Waals surface area contributed by atoms with Crippen LogP contribution in [0.1, 0.15) is 26.2 Å². The molecule has 0 saturated carbocycles. The van der Waals surface area contributed by atoms with Crippen LogP contribution in [0.5, 0.6) is 0 Å². The maximum absolute atomic E-state index is 11.5. The van der Waals surface area contributed by atoms with Gasteiger partial charge < -0.3 is 11.1 Å². The molecule has 4 nitrogen and oxygen atoms in total. The first-order valence-electron chi connectivity index (χ1n) is 5.34. The van der Waals surface area contributed by atoms with Crippen molar-refractivity contribution < 1.29 is 4.79 Å². The van der Waals surface area contributed by atoms with Crippen LogP contribution in [0.4, 0.5) is 0 Å². The highest BCUT2D eigenvalue weighted by Crippen LogP contribution is 2.19. The largest absolute Gasteiger partial charge is 0.392 e. The van der Waals surface area contributed by atoms with Crippen LogP contribution in [0.2, 0.25) is 0 Å². The third-order valence-electron chi connectivity index (χ3n) is 3.00. The highest BCUT2D eigenvalue weighted by molar-refractivity contribution is 7.80. The summed E-state index contributed by atoms with van der Waals surface area (Å²) in [6.45, 7) is 2.80. The SMILES string of the molecule is CNC(=O)C(C)N1CCCCC1C(N)=S. The number of nitrogens with zero attached hydrogens (tertiary/aromatic N) is 1. The summed E-state index contributed by atoms with van der Waals surface area (Å²) < 4.78 is 0. The van der Waals surface area contributed by atoms with Gasteiger partial charge in [0.15, 0.2) is 0 Å². The first-order chi connectivity index (χ1) is 7.07. The van der Waals surface area contributed by atoms with Crippen molar-refractivity contribution >= 4 is 23.1 Å². The molecule has 3 N–H and O–H groups in total. The van der Waals surface area contributed by atoms with Crippen molar-refractivity contribution in [2.45, 2.75) is 38.3 Å². The molecule has 0 radical (unpaired) electrons. The number of amides is 1. The molecule has 0 aliphatic carbocycles. The normalized spacial score (nSPS) is 24.5. The van der Waals surface area contributed by atoms with Gasteiger partial charge in [0.05, 0.1) is 17.1 Å². The van der Waals surface area contributed by atoms with Gasteiger partial charge in [-0.15, -0.1) is 0 Å². The molecule has 1 aliphatic rings. The molecular formula is C10H19N3OS. The van der Waals surface area contributed by atoms with Crippen molar-refractivity contribution in [1.29, 1.82) is 0 Å². The van der Waals surface area contributed by atoms with Crippen molar-refractivity contribution in [3.63, 3.8) is 0 Å². The molecule has 0 bridgehead atoms. The average molecular weight is 229 g/mol. The van der Waals surface area contributed by atoms with Crippen molar-refractivity contribution in [2.75, 3.05) is 13.6 Å². The first kappa shape index (κ1) is 12.4. The van der Waals surface area contributed by atoms with E-state index in [9.17, 15) is 4.79 Å². The summed E-state index contributed by atoms with van der Waals surface area (Å²) in [7, 11) is 1.65. The Labute approximate surface area is 96.2 Å². The number of thiocarbonyl (C=S) groups is 1. The van der Waals surface area contributed by atoms with Crippen LogP contribution in [0, 0.1) is 0 Å². The molecule has 1 aliphatic heterocycles. The van der Waals surface area contributed by atoms with Gasteiger partial charge in [-0.05, 0) is 26.3 Å². The number of carbonyl (C=O) groups is 1. The molecule has 0 aromatic heterocycles. The van der Waals surface area contributed by atoms with Crippen molar-refractivity contribution in [1.82, 2.24) is 10.2 Å². The first-order valence-corrected chi connectivity index (χ1v) is 5.75. The third-order valence-corrected chi connectivity index (χ3v) is 3.27. The van der Waals surface area contributed by atoms with E-state index < -0.39 is 0 Å². The maximum Gasteiger partial charge on any atom is 0.236 e. The second-order valence-corrected chi connectivity index (χ2v) is 4.41. The van der Waals surface area contributed by atoms with E-state index in [0.29, 0.717) is 4.99 Å². The third kappa shape index (κ3) is 2.89. The zero-order valence-corrected chi connectivity index (χ0v) is 10.1. The summed E-state index contributed by atoms with van der Waals surface area (Å²) in [4.78, 5) is 14.1. The van der Waals surface area contributed by atoms with Gasteiger partial charge >= 0.3 is 0 Å². The highest BCUT2D eigenvalue weighted by Gasteiger charge is 2.31. The summed E-state index contributed by atoms with van der Waals surface area (Å²) in [5.41, 5.74) is 5.70. The molecule has 86 valence electrons. The molecule has 2 unspecified atom stereocenters. The molecule has 0 aromatic carbocycles. The van der Waals surface area contributed by atoms with Gasteiger partial charge in [0.25, 0.3) is 0 Å². The fraction of sp³-hybridized carbons (Fsp3) is 0.800. The number of likely N-dealkylation sites (N-methyl/N-ethyl adjacent to an activating group) is 1. The van der Waals surface area contributed by atoms with Crippen LogP contribution in [0.25, 0.3) is 0 Å². The molecule has 1 rings (SSSR count). The lowest BCUT2D eigenvalue weighted by atomic mass is 10.00. The zero-order chi connectivity index (χ0) is 11.4. The standard InChI is InChI=1S/C10H19N3OS/c1-7(10(14)12-2)13-6-4-3-5-8(13)9(11)15/h7-8H,3-6H2,1-2H3,(H2,11,15)(H,12,14). The molecule has 1 fully saturated rings. The molecule has 1 heterocycles. The second-order valence-electron chi connectivity index (χ2n) is 3.94. The topological polar surface area (TPSA) is 58.4 Å². The Morgan fingerprint density at radius 1 is 1.60 bits per heavy atom. The molecule has 1 saturated heterocycles. The minimum atomic E-state index is -0.151. The van der Waals surface area contributed by atoms with E-state index in [0.717, 1.165) is 25.8 Å². The smallest absolute Gasteiger partial charge is 0.236 e. The van der Waals surface area contributed by atoms with Crippen molar-refractivity contribution in [3.05, 3.63) is 0 Å². The fourth-order valence-electron chi connectivity index (χ4n) is 2.08. The summed E-state index contributed by atoms with van der Waals surface area (Å²) in [6, 6.07) is -0.0668. The summed E-state index contributed by atoms with van der Waals surface area (Å²) in [5.74, 6) is 0.0261. The van der Waals surface area contributed by atoms with E-state index in [2.05, 4.69) is 10.2 Å². The quantitative estimate of drug-likeness (QED) is 0.682. The molecule has 0 aromatic rings. The fourth-order valence-corrected chi connectivity index (χ4v) is 2.34. The summed E-state index contributed by atoms with van der Waals surface area (Å²) >= 11 is 5.04. The number of nitrogens with one attached hydrogen (secondary N) is 1. The minimum absolute atomic E-state index is 0.0261. The monoisotopic (exact) mass is 229 g/mol. The Morgan fingerprint density at radius 3 is 2.80 bits per heavy atom. The lowest BCUT2D eigenvalue weighted by molar-refractivity contribution is -0.126. The van der Waals surface area contributed by atoms with Crippen LogP contribution in [-0.4, -0.2) is 41.5 Å². The maximum atomic E-state index is 11.5. The Hall–Kier alpha value is -0.680. The van der Waals surface area contributed by atoms with E-state index in [1.165, 1.54) is 0 Å². The molecule has 1 amide bonds. The lowest BCUT2D eigenvalue weighted by Gasteiger charge is -2.38. The number of hydrogen-bond donors (Lipinski definition) is 2. The molecule has 2 atom stereocenters. The second kappa shape index (κ2) is 5.42. The van der Waals surface area contributed by atoms with Crippen molar-refractivity contribution in [2.24, 2.45) is 5.73 Å². The molecular weight excluding hydrogens is 210 g/mol. The van der Waals surface area contributed by atoms with Crippen LogP contribution in [-0.2, 0) is 4.79 Å². The van der Waals surface area contributed by atoms with Gasteiger partial charge in [-0.1, -0.05) is 18.6 Å². The molecule has 5 heteroatoms. The van der Waals surface area contributed by atoms with E-state index in [1.54, 1.807) is 7.05 Å². The Morgan fingerprint density at radius 2 is 2.27 bits per heavy atom. The average Bonchev–Trinajstić information content (AvgIpc) is 2.27. The Kier molecular flexibility index (Phi) is 4.47. The predicted octanol–water partition coefficient (Wildman–Crippen LogP) is 0.262. The molecule has 0 spiro atoms. The van der Waals surface area contributed by atoms with E-state index >= 15 is 0 Å². The number of likely N-dealkylation sites (tertiary alicyclic amines) is 1. The van der Waals surface area contributed by atoms with E-state index in [4.69, 9.17) is 18.0 Å². The summed E-state index contributed by atoms with van der Waals surface area (Å²) in [6.07, 6.45) is 3.22.